The summed E-state index contributed by atoms with van der Waals surface area (Å²) in [6.07, 6.45) is 1.78. The van der Waals surface area contributed by atoms with E-state index >= 15 is 0 Å². The second-order valence-electron chi connectivity index (χ2n) is 5.57. The van der Waals surface area contributed by atoms with E-state index in [2.05, 4.69) is 0 Å². The third-order valence-corrected chi connectivity index (χ3v) is 4.05. The van der Waals surface area contributed by atoms with Gasteiger partial charge in [-0.1, -0.05) is 12.1 Å². The summed E-state index contributed by atoms with van der Waals surface area (Å²) in [5.41, 5.74) is 4.09. The molecule has 1 aliphatic rings. The van der Waals surface area contributed by atoms with Crippen molar-refractivity contribution in [3.05, 3.63) is 28.8 Å². The smallest absolute Gasteiger partial charge is 0.303 e. The van der Waals surface area contributed by atoms with Crippen molar-refractivity contribution in [1.29, 1.82) is 0 Å². The van der Waals surface area contributed by atoms with Crippen LogP contribution in [-0.2, 0) is 9.59 Å². The Bertz CT molecular complexity index is 551. The molecule has 1 amide bonds. The van der Waals surface area contributed by atoms with E-state index < -0.39 is 5.97 Å². The van der Waals surface area contributed by atoms with Crippen molar-refractivity contribution >= 4 is 17.6 Å². The largest absolute Gasteiger partial charge is 0.481 e. The van der Waals surface area contributed by atoms with Crippen molar-refractivity contribution in [1.82, 2.24) is 0 Å². The predicted octanol–water partition coefficient (Wildman–Crippen LogP) is 3.01. The number of rotatable bonds is 2. The van der Waals surface area contributed by atoms with E-state index in [9.17, 15) is 9.59 Å². The fourth-order valence-electron chi connectivity index (χ4n) is 3.17. The van der Waals surface area contributed by atoms with Gasteiger partial charge in [0.05, 0.1) is 12.1 Å². The molecule has 1 atom stereocenters. The first-order valence-corrected chi connectivity index (χ1v) is 7.01. The van der Waals surface area contributed by atoms with Crippen molar-refractivity contribution in [3.63, 3.8) is 0 Å². The maximum absolute atomic E-state index is 11.9. The quantitative estimate of drug-likeness (QED) is 0.902. The van der Waals surface area contributed by atoms with Crippen LogP contribution in [0.1, 0.15) is 48.8 Å². The van der Waals surface area contributed by atoms with Crippen LogP contribution >= 0.6 is 0 Å². The standard InChI is InChI=1S/C16H21NO3/c1-10-6-7-11(2)16-15(10)13(9-14(19)20)5-4-8-17(16)12(3)18/h6-7,13H,4-5,8-9H2,1-3H3,(H,19,20). The summed E-state index contributed by atoms with van der Waals surface area (Å²) in [5, 5.41) is 9.14. The average Bonchev–Trinajstić information content (AvgIpc) is 2.54. The molecule has 0 fully saturated rings. The number of carboxylic acid groups (broad SMARTS) is 1. The van der Waals surface area contributed by atoms with Crippen LogP contribution in [0.5, 0.6) is 0 Å². The summed E-state index contributed by atoms with van der Waals surface area (Å²) < 4.78 is 0. The highest BCUT2D eigenvalue weighted by Crippen LogP contribution is 2.40. The summed E-state index contributed by atoms with van der Waals surface area (Å²) in [5.74, 6) is -0.763. The van der Waals surface area contributed by atoms with Crippen molar-refractivity contribution in [2.45, 2.75) is 46.0 Å². The minimum absolute atomic E-state index is 0.00764. The molecule has 0 aliphatic carbocycles. The molecule has 1 aromatic carbocycles. The van der Waals surface area contributed by atoms with Crippen LogP contribution in [0.15, 0.2) is 12.1 Å². The van der Waals surface area contributed by atoms with Crippen LogP contribution in [0, 0.1) is 13.8 Å². The van der Waals surface area contributed by atoms with Gasteiger partial charge in [0.15, 0.2) is 0 Å². The molecule has 1 unspecified atom stereocenters. The van der Waals surface area contributed by atoms with Gasteiger partial charge in [0.1, 0.15) is 0 Å². The summed E-state index contributed by atoms with van der Waals surface area (Å²) in [7, 11) is 0. The molecule has 1 heterocycles. The number of hydrogen-bond acceptors (Lipinski definition) is 2. The Morgan fingerprint density at radius 2 is 1.95 bits per heavy atom. The molecule has 1 aromatic rings. The number of aliphatic carboxylic acids is 1. The molecule has 2 rings (SSSR count). The summed E-state index contributed by atoms with van der Waals surface area (Å²) >= 11 is 0. The van der Waals surface area contributed by atoms with E-state index in [0.29, 0.717) is 6.54 Å². The first-order valence-electron chi connectivity index (χ1n) is 7.01. The van der Waals surface area contributed by atoms with Crippen molar-refractivity contribution in [2.75, 3.05) is 11.4 Å². The molecular weight excluding hydrogens is 254 g/mol. The Kier molecular flexibility index (Phi) is 4.12. The van der Waals surface area contributed by atoms with E-state index in [1.54, 1.807) is 11.8 Å². The van der Waals surface area contributed by atoms with Crippen LogP contribution < -0.4 is 4.90 Å². The molecule has 108 valence electrons. The third kappa shape index (κ3) is 2.69. The minimum atomic E-state index is -0.780. The molecule has 4 heteroatoms. The Labute approximate surface area is 119 Å². The molecule has 1 aliphatic heterocycles. The Balaban J connectivity index is 2.60. The number of amides is 1. The maximum atomic E-state index is 11.9. The van der Waals surface area contributed by atoms with E-state index in [1.165, 1.54) is 0 Å². The van der Waals surface area contributed by atoms with Gasteiger partial charge in [0, 0.05) is 13.5 Å². The highest BCUT2D eigenvalue weighted by molar-refractivity contribution is 5.94. The number of carboxylic acids is 1. The monoisotopic (exact) mass is 275 g/mol. The zero-order chi connectivity index (χ0) is 14.9. The second-order valence-corrected chi connectivity index (χ2v) is 5.57. The van der Waals surface area contributed by atoms with E-state index in [0.717, 1.165) is 35.2 Å². The normalized spacial score (nSPS) is 18.4. The Hall–Kier alpha value is -1.84. The van der Waals surface area contributed by atoms with Gasteiger partial charge in [0.2, 0.25) is 5.91 Å². The van der Waals surface area contributed by atoms with Crippen molar-refractivity contribution in [3.8, 4) is 0 Å². The Morgan fingerprint density at radius 1 is 1.30 bits per heavy atom. The molecule has 0 aromatic heterocycles. The predicted molar refractivity (Wildman–Crippen MR) is 78.2 cm³/mol. The number of anilines is 1. The lowest BCUT2D eigenvalue weighted by Gasteiger charge is -2.26. The molecule has 0 saturated heterocycles. The molecule has 0 spiro atoms. The lowest BCUT2D eigenvalue weighted by atomic mass is 9.86. The van der Waals surface area contributed by atoms with Crippen LogP contribution in [-0.4, -0.2) is 23.5 Å². The molecule has 0 radical (unpaired) electrons. The topological polar surface area (TPSA) is 57.6 Å². The average molecular weight is 275 g/mol. The lowest BCUT2D eigenvalue weighted by Crippen LogP contribution is -2.30. The second kappa shape index (κ2) is 5.65. The van der Waals surface area contributed by atoms with Crippen LogP contribution in [0.25, 0.3) is 0 Å². The fourth-order valence-corrected chi connectivity index (χ4v) is 3.17. The maximum Gasteiger partial charge on any atom is 0.303 e. The zero-order valence-corrected chi connectivity index (χ0v) is 12.3. The molecule has 4 nitrogen and oxygen atoms in total. The SMILES string of the molecule is CC(=O)N1CCCC(CC(=O)O)c2c(C)ccc(C)c21. The number of benzene rings is 1. The molecule has 0 bridgehead atoms. The summed E-state index contributed by atoms with van der Waals surface area (Å²) in [6, 6.07) is 4.03. The van der Waals surface area contributed by atoms with Crippen molar-refractivity contribution < 1.29 is 14.7 Å². The number of hydrogen-bond donors (Lipinski definition) is 1. The van der Waals surface area contributed by atoms with Crippen LogP contribution in [0.2, 0.25) is 0 Å². The van der Waals surface area contributed by atoms with Gasteiger partial charge in [-0.05, 0) is 49.3 Å². The number of carbonyl (C=O) groups is 2. The van der Waals surface area contributed by atoms with Crippen LogP contribution in [0.3, 0.4) is 0 Å². The van der Waals surface area contributed by atoms with Gasteiger partial charge < -0.3 is 10.0 Å². The number of carbonyl (C=O) groups excluding carboxylic acids is 1. The van der Waals surface area contributed by atoms with Crippen molar-refractivity contribution in [2.24, 2.45) is 0 Å². The molecule has 20 heavy (non-hydrogen) atoms. The van der Waals surface area contributed by atoms with Gasteiger partial charge in [-0.3, -0.25) is 9.59 Å². The van der Waals surface area contributed by atoms with E-state index in [4.69, 9.17) is 5.11 Å². The number of fused-ring (bicyclic) bond motifs is 1. The summed E-state index contributed by atoms with van der Waals surface area (Å²) in [4.78, 5) is 24.8. The highest BCUT2D eigenvalue weighted by atomic mass is 16.4. The molecule has 0 saturated carbocycles. The summed E-state index contributed by atoms with van der Waals surface area (Å²) in [6.45, 7) is 6.22. The first-order chi connectivity index (χ1) is 9.41. The first kappa shape index (κ1) is 14.6. The molecular formula is C16H21NO3. The number of nitrogens with zero attached hydrogens (tertiary/aromatic N) is 1. The number of aryl methyl sites for hydroxylation is 2. The fraction of sp³-hybridized carbons (Fsp3) is 0.500. The van der Waals surface area contributed by atoms with E-state index in [-0.39, 0.29) is 18.2 Å². The van der Waals surface area contributed by atoms with E-state index in [1.807, 2.05) is 26.0 Å². The molecule has 1 N–H and O–H groups in total. The lowest BCUT2D eigenvalue weighted by molar-refractivity contribution is -0.137. The van der Waals surface area contributed by atoms with Gasteiger partial charge in [-0.25, -0.2) is 0 Å². The minimum Gasteiger partial charge on any atom is -0.481 e. The van der Waals surface area contributed by atoms with Gasteiger partial charge in [-0.15, -0.1) is 0 Å². The zero-order valence-electron chi connectivity index (χ0n) is 12.3. The van der Waals surface area contributed by atoms with Gasteiger partial charge >= 0.3 is 5.97 Å². The van der Waals surface area contributed by atoms with Crippen LogP contribution in [0.4, 0.5) is 5.69 Å². The third-order valence-electron chi connectivity index (χ3n) is 4.05. The van der Waals surface area contributed by atoms with Gasteiger partial charge in [-0.2, -0.15) is 0 Å². The Morgan fingerprint density at radius 3 is 2.55 bits per heavy atom. The van der Waals surface area contributed by atoms with Gasteiger partial charge in [0.25, 0.3) is 0 Å². The highest BCUT2D eigenvalue weighted by Gasteiger charge is 2.28.